The summed E-state index contributed by atoms with van der Waals surface area (Å²) in [7, 11) is 1.60. The molecule has 0 bridgehead atoms. The van der Waals surface area contributed by atoms with E-state index in [2.05, 4.69) is 26.1 Å². The number of halogens is 1. The van der Waals surface area contributed by atoms with Crippen molar-refractivity contribution in [2.24, 2.45) is 0 Å². The number of amides is 1. The van der Waals surface area contributed by atoms with Crippen LogP contribution in [0.2, 0.25) is 0 Å². The second kappa shape index (κ2) is 6.91. The molecule has 0 atom stereocenters. The lowest BCUT2D eigenvalue weighted by Crippen LogP contribution is -2.33. The van der Waals surface area contributed by atoms with Crippen LogP contribution in [0.4, 0.5) is 0 Å². The van der Waals surface area contributed by atoms with E-state index in [0.717, 1.165) is 24.1 Å². The first kappa shape index (κ1) is 14.3. The van der Waals surface area contributed by atoms with Gasteiger partial charge in [-0.2, -0.15) is 0 Å². The lowest BCUT2D eigenvalue weighted by atomic mass is 10.2. The van der Waals surface area contributed by atoms with Crippen LogP contribution in [0, 0.1) is 0 Å². The van der Waals surface area contributed by atoms with Crippen molar-refractivity contribution in [3.8, 4) is 5.75 Å². The van der Waals surface area contributed by atoms with E-state index >= 15 is 0 Å². The summed E-state index contributed by atoms with van der Waals surface area (Å²) >= 11 is 3.39. The molecule has 1 amide bonds. The molecule has 1 aromatic carbocycles. The Kier molecular flexibility index (Phi) is 5.22. The van der Waals surface area contributed by atoms with Crippen molar-refractivity contribution in [2.45, 2.75) is 12.8 Å². The number of hydrogen-bond donors (Lipinski definition) is 1. The van der Waals surface area contributed by atoms with E-state index in [1.54, 1.807) is 13.2 Å². The molecule has 4 nitrogen and oxygen atoms in total. The molecule has 0 unspecified atom stereocenters. The van der Waals surface area contributed by atoms with Crippen LogP contribution in [-0.4, -0.2) is 44.1 Å². The molecule has 5 heteroatoms. The molecule has 0 spiro atoms. The number of rotatable bonds is 5. The van der Waals surface area contributed by atoms with Crippen LogP contribution in [-0.2, 0) is 0 Å². The number of methoxy groups -OCH3 is 1. The third-order valence-corrected chi connectivity index (χ3v) is 4.02. The molecule has 1 saturated heterocycles. The van der Waals surface area contributed by atoms with Crippen LogP contribution in [0.15, 0.2) is 22.7 Å². The third-order valence-electron chi connectivity index (χ3n) is 3.33. The van der Waals surface area contributed by atoms with Gasteiger partial charge in [0.05, 0.1) is 12.7 Å². The zero-order valence-electron chi connectivity index (χ0n) is 11.1. The van der Waals surface area contributed by atoms with E-state index in [1.807, 2.05) is 12.1 Å². The summed E-state index contributed by atoms with van der Waals surface area (Å²) in [5, 5.41) is 2.95. The minimum atomic E-state index is -0.0648. The number of carbonyl (C=O) groups is 1. The predicted octanol–water partition coefficient (Wildman–Crippen LogP) is 2.28. The van der Waals surface area contributed by atoms with E-state index < -0.39 is 0 Å². The summed E-state index contributed by atoms with van der Waals surface area (Å²) in [4.78, 5) is 14.5. The molecule has 1 aliphatic rings. The van der Waals surface area contributed by atoms with E-state index in [9.17, 15) is 4.79 Å². The summed E-state index contributed by atoms with van der Waals surface area (Å²) < 4.78 is 5.92. The minimum Gasteiger partial charge on any atom is -0.497 e. The summed E-state index contributed by atoms with van der Waals surface area (Å²) in [5.41, 5.74) is 0.612. The molecule has 0 aliphatic carbocycles. The van der Waals surface area contributed by atoms with Gasteiger partial charge in [-0.3, -0.25) is 4.79 Å². The Balaban J connectivity index is 1.88. The number of carbonyl (C=O) groups excluding carboxylic acids is 1. The zero-order chi connectivity index (χ0) is 13.7. The number of likely N-dealkylation sites (tertiary alicyclic amines) is 1. The molecule has 1 N–H and O–H groups in total. The molecule has 0 radical (unpaired) electrons. The van der Waals surface area contributed by atoms with Gasteiger partial charge in [0.2, 0.25) is 0 Å². The number of hydrogen-bond acceptors (Lipinski definition) is 3. The lowest BCUT2D eigenvalue weighted by molar-refractivity contribution is 0.0948. The Morgan fingerprint density at radius 3 is 2.84 bits per heavy atom. The van der Waals surface area contributed by atoms with Crippen molar-refractivity contribution >= 4 is 21.8 Å². The number of nitrogens with one attached hydrogen (secondary N) is 1. The first-order valence-corrected chi connectivity index (χ1v) is 7.34. The standard InChI is InChI=1S/C14H19BrN2O2/c1-19-11-4-5-13(15)12(10-11)14(18)16-6-9-17-7-2-3-8-17/h4-5,10H,2-3,6-9H2,1H3,(H,16,18). The van der Waals surface area contributed by atoms with Crippen molar-refractivity contribution < 1.29 is 9.53 Å². The van der Waals surface area contributed by atoms with E-state index in [1.165, 1.54) is 12.8 Å². The third kappa shape index (κ3) is 3.94. The maximum Gasteiger partial charge on any atom is 0.252 e. The summed E-state index contributed by atoms with van der Waals surface area (Å²) in [6.07, 6.45) is 2.55. The second-order valence-electron chi connectivity index (χ2n) is 4.65. The van der Waals surface area contributed by atoms with Crippen LogP contribution in [0.25, 0.3) is 0 Å². The summed E-state index contributed by atoms with van der Waals surface area (Å²) in [6.45, 7) is 3.91. The topological polar surface area (TPSA) is 41.6 Å². The van der Waals surface area contributed by atoms with Crippen molar-refractivity contribution in [1.29, 1.82) is 0 Å². The van der Waals surface area contributed by atoms with Gasteiger partial charge < -0.3 is 15.0 Å². The van der Waals surface area contributed by atoms with E-state index in [4.69, 9.17) is 4.74 Å². The van der Waals surface area contributed by atoms with Gasteiger partial charge in [0.15, 0.2) is 0 Å². The van der Waals surface area contributed by atoms with Gasteiger partial charge in [0.1, 0.15) is 5.75 Å². The molecule has 1 fully saturated rings. The lowest BCUT2D eigenvalue weighted by Gasteiger charge is -2.15. The Labute approximate surface area is 122 Å². The predicted molar refractivity (Wildman–Crippen MR) is 78.7 cm³/mol. The molecule has 2 rings (SSSR count). The highest BCUT2D eigenvalue weighted by atomic mass is 79.9. The fraction of sp³-hybridized carbons (Fsp3) is 0.500. The van der Waals surface area contributed by atoms with Crippen molar-refractivity contribution in [2.75, 3.05) is 33.3 Å². The van der Waals surface area contributed by atoms with Gasteiger partial charge in [-0.1, -0.05) is 0 Å². The average Bonchev–Trinajstić information content (AvgIpc) is 2.92. The normalized spacial score (nSPS) is 15.5. The van der Waals surface area contributed by atoms with E-state index in [0.29, 0.717) is 17.9 Å². The van der Waals surface area contributed by atoms with Crippen LogP contribution in [0.1, 0.15) is 23.2 Å². The van der Waals surface area contributed by atoms with Crippen LogP contribution < -0.4 is 10.1 Å². The molecule has 1 heterocycles. The Bertz CT molecular complexity index is 445. The SMILES string of the molecule is COc1ccc(Br)c(C(=O)NCCN2CCCC2)c1. The van der Waals surface area contributed by atoms with Gasteiger partial charge in [-0.15, -0.1) is 0 Å². The van der Waals surface area contributed by atoms with Crippen LogP contribution in [0.3, 0.4) is 0 Å². The molecule has 0 aromatic heterocycles. The first-order chi connectivity index (χ1) is 9.20. The number of benzene rings is 1. The van der Waals surface area contributed by atoms with Gasteiger partial charge in [-0.25, -0.2) is 0 Å². The smallest absolute Gasteiger partial charge is 0.252 e. The number of ether oxygens (including phenoxy) is 1. The van der Waals surface area contributed by atoms with Gasteiger partial charge >= 0.3 is 0 Å². The Hall–Kier alpha value is -1.07. The van der Waals surface area contributed by atoms with Crippen molar-refractivity contribution in [3.05, 3.63) is 28.2 Å². The largest absolute Gasteiger partial charge is 0.497 e. The minimum absolute atomic E-state index is 0.0648. The highest BCUT2D eigenvalue weighted by Gasteiger charge is 2.13. The summed E-state index contributed by atoms with van der Waals surface area (Å²) in [6, 6.07) is 5.40. The van der Waals surface area contributed by atoms with E-state index in [-0.39, 0.29) is 5.91 Å². The first-order valence-electron chi connectivity index (χ1n) is 6.55. The molecule has 104 valence electrons. The highest BCUT2D eigenvalue weighted by molar-refractivity contribution is 9.10. The van der Waals surface area contributed by atoms with Gasteiger partial charge in [0, 0.05) is 17.6 Å². The maximum atomic E-state index is 12.1. The average molecular weight is 327 g/mol. The quantitative estimate of drug-likeness (QED) is 0.902. The van der Waals surface area contributed by atoms with Crippen molar-refractivity contribution in [3.63, 3.8) is 0 Å². The molecular formula is C14H19BrN2O2. The van der Waals surface area contributed by atoms with Crippen LogP contribution >= 0.6 is 15.9 Å². The summed E-state index contributed by atoms with van der Waals surface area (Å²) in [5.74, 6) is 0.623. The maximum absolute atomic E-state index is 12.1. The fourth-order valence-corrected chi connectivity index (χ4v) is 2.66. The second-order valence-corrected chi connectivity index (χ2v) is 5.50. The zero-order valence-corrected chi connectivity index (χ0v) is 12.7. The molecule has 0 saturated carbocycles. The molecule has 1 aliphatic heterocycles. The van der Waals surface area contributed by atoms with Crippen LogP contribution in [0.5, 0.6) is 5.75 Å². The highest BCUT2D eigenvalue weighted by Crippen LogP contribution is 2.22. The molecular weight excluding hydrogens is 308 g/mol. The van der Waals surface area contributed by atoms with Gasteiger partial charge in [0.25, 0.3) is 5.91 Å². The Morgan fingerprint density at radius 1 is 1.42 bits per heavy atom. The Morgan fingerprint density at radius 2 is 2.16 bits per heavy atom. The fourth-order valence-electron chi connectivity index (χ4n) is 2.23. The molecule has 1 aromatic rings. The molecule has 19 heavy (non-hydrogen) atoms. The van der Waals surface area contributed by atoms with Gasteiger partial charge in [-0.05, 0) is 60.1 Å². The van der Waals surface area contributed by atoms with Crippen molar-refractivity contribution in [1.82, 2.24) is 10.2 Å². The number of nitrogens with zero attached hydrogens (tertiary/aromatic N) is 1. The monoisotopic (exact) mass is 326 g/mol.